The molecule has 1 aliphatic heterocycles. The minimum atomic E-state index is -0.799. The van der Waals surface area contributed by atoms with E-state index in [1.807, 2.05) is 0 Å². The molecule has 0 spiro atoms. The van der Waals surface area contributed by atoms with Gasteiger partial charge in [0.2, 0.25) is 5.91 Å². The van der Waals surface area contributed by atoms with Gasteiger partial charge in [0.05, 0.1) is 18.6 Å². The molecule has 1 saturated carbocycles. The van der Waals surface area contributed by atoms with Gasteiger partial charge in [-0.3, -0.25) is 4.79 Å². The van der Waals surface area contributed by atoms with E-state index in [0.717, 1.165) is 69.6 Å². The highest BCUT2D eigenvalue weighted by molar-refractivity contribution is 5.76. The molecule has 0 atom stereocenters. The Morgan fingerprint density at radius 1 is 1.19 bits per heavy atom. The molecule has 1 aliphatic carbocycles. The Morgan fingerprint density at radius 3 is 2.81 bits per heavy atom. The average Bonchev–Trinajstić information content (AvgIpc) is 2.89. The number of nitrogens with zero attached hydrogens (tertiary/aromatic N) is 3. The van der Waals surface area contributed by atoms with Crippen molar-refractivity contribution in [1.29, 1.82) is 0 Å². The fraction of sp³-hybridized carbons (Fsp3) is 0.800. The van der Waals surface area contributed by atoms with E-state index in [9.17, 15) is 9.90 Å². The number of hydrogen-bond acceptors (Lipinski definition) is 4. The molecule has 2 N–H and O–H groups in total. The van der Waals surface area contributed by atoms with Crippen molar-refractivity contribution in [2.75, 3.05) is 0 Å². The third kappa shape index (κ3) is 3.43. The van der Waals surface area contributed by atoms with Crippen LogP contribution >= 0.6 is 0 Å². The number of nitrogens with one attached hydrogen (secondary N) is 1. The standard InChI is InChI=1S/C15H24N4O2/c20-14(10-15(21)7-3-1-4-8-15)16-11-13-18-17-12-6-2-5-9-19(12)13/h21H,1-11H2,(H,16,20). The normalized spacial score (nSPS) is 20.8. The molecule has 2 heterocycles. The molecule has 116 valence electrons. The van der Waals surface area contributed by atoms with Gasteiger partial charge in [0.15, 0.2) is 5.82 Å². The number of amides is 1. The summed E-state index contributed by atoms with van der Waals surface area (Å²) in [4.78, 5) is 12.1. The van der Waals surface area contributed by atoms with Crippen molar-refractivity contribution in [2.24, 2.45) is 0 Å². The summed E-state index contributed by atoms with van der Waals surface area (Å²) in [5.41, 5.74) is -0.799. The lowest BCUT2D eigenvalue weighted by Crippen LogP contribution is -2.38. The zero-order valence-corrected chi connectivity index (χ0v) is 12.5. The van der Waals surface area contributed by atoms with Crippen molar-refractivity contribution in [2.45, 2.75) is 76.5 Å². The van der Waals surface area contributed by atoms with Crippen LogP contribution < -0.4 is 5.32 Å². The molecule has 1 fully saturated rings. The number of aromatic nitrogens is 3. The van der Waals surface area contributed by atoms with Crippen LogP contribution in [0.5, 0.6) is 0 Å². The highest BCUT2D eigenvalue weighted by atomic mass is 16.3. The van der Waals surface area contributed by atoms with Crippen molar-refractivity contribution < 1.29 is 9.90 Å². The maximum absolute atomic E-state index is 12.1. The summed E-state index contributed by atoms with van der Waals surface area (Å²) in [5.74, 6) is 1.76. The molecule has 1 amide bonds. The van der Waals surface area contributed by atoms with E-state index >= 15 is 0 Å². The number of hydrogen-bond donors (Lipinski definition) is 2. The molecule has 0 aromatic carbocycles. The first-order valence-electron chi connectivity index (χ1n) is 8.06. The molecular weight excluding hydrogens is 268 g/mol. The maximum Gasteiger partial charge on any atom is 0.223 e. The Labute approximate surface area is 124 Å². The molecule has 1 aromatic rings. The van der Waals surface area contributed by atoms with Crippen LogP contribution in [0, 0.1) is 0 Å². The minimum Gasteiger partial charge on any atom is -0.389 e. The molecule has 2 aliphatic rings. The van der Waals surface area contributed by atoms with Gasteiger partial charge in [-0.25, -0.2) is 0 Å². The van der Waals surface area contributed by atoms with E-state index in [1.54, 1.807) is 0 Å². The van der Waals surface area contributed by atoms with Crippen molar-refractivity contribution in [3.8, 4) is 0 Å². The Morgan fingerprint density at radius 2 is 2.00 bits per heavy atom. The predicted octanol–water partition coefficient (Wildman–Crippen LogP) is 1.32. The third-order valence-corrected chi connectivity index (χ3v) is 4.65. The first-order chi connectivity index (χ1) is 10.2. The number of aryl methyl sites for hydroxylation is 1. The second-order valence-electron chi connectivity index (χ2n) is 6.38. The molecule has 6 nitrogen and oxygen atoms in total. The predicted molar refractivity (Wildman–Crippen MR) is 77.5 cm³/mol. The molecular formula is C15H24N4O2. The molecule has 21 heavy (non-hydrogen) atoms. The zero-order valence-electron chi connectivity index (χ0n) is 12.5. The fourth-order valence-electron chi connectivity index (χ4n) is 3.42. The van der Waals surface area contributed by atoms with Crippen LogP contribution in [0.1, 0.15) is 63.0 Å². The van der Waals surface area contributed by atoms with Gasteiger partial charge in [-0.05, 0) is 25.7 Å². The Bertz CT molecular complexity index is 506. The number of carbonyl (C=O) groups excluding carboxylic acids is 1. The molecule has 6 heteroatoms. The Hall–Kier alpha value is -1.43. The fourth-order valence-corrected chi connectivity index (χ4v) is 3.42. The van der Waals surface area contributed by atoms with Gasteiger partial charge in [-0.2, -0.15) is 0 Å². The molecule has 0 bridgehead atoms. The number of aliphatic hydroxyl groups is 1. The Kier molecular flexibility index (Phi) is 4.24. The van der Waals surface area contributed by atoms with Crippen LogP contribution in [0.4, 0.5) is 0 Å². The maximum atomic E-state index is 12.1. The smallest absolute Gasteiger partial charge is 0.223 e. The SMILES string of the molecule is O=C(CC1(O)CCCCC1)NCc1nnc2n1CCCC2. The number of carbonyl (C=O) groups is 1. The summed E-state index contributed by atoms with van der Waals surface area (Å²) >= 11 is 0. The van der Waals surface area contributed by atoms with E-state index in [0.29, 0.717) is 6.54 Å². The van der Waals surface area contributed by atoms with Gasteiger partial charge < -0.3 is 15.0 Å². The van der Waals surface area contributed by atoms with Crippen molar-refractivity contribution in [3.63, 3.8) is 0 Å². The van der Waals surface area contributed by atoms with Crippen LogP contribution in [0.25, 0.3) is 0 Å². The number of rotatable bonds is 4. The molecule has 0 unspecified atom stereocenters. The van der Waals surface area contributed by atoms with E-state index in [-0.39, 0.29) is 12.3 Å². The summed E-state index contributed by atoms with van der Waals surface area (Å²) < 4.78 is 2.11. The van der Waals surface area contributed by atoms with Crippen molar-refractivity contribution in [3.05, 3.63) is 11.6 Å². The van der Waals surface area contributed by atoms with Crippen LogP contribution in [-0.2, 0) is 24.3 Å². The minimum absolute atomic E-state index is 0.0902. The highest BCUT2D eigenvalue weighted by Gasteiger charge is 2.31. The summed E-state index contributed by atoms with van der Waals surface area (Å²) in [5, 5.41) is 21.6. The molecule has 1 aromatic heterocycles. The first kappa shape index (κ1) is 14.5. The number of fused-ring (bicyclic) bond motifs is 1. The summed E-state index contributed by atoms with van der Waals surface area (Å²) in [6.45, 7) is 1.35. The topological polar surface area (TPSA) is 80.0 Å². The molecule has 3 rings (SSSR count). The van der Waals surface area contributed by atoms with E-state index in [1.165, 1.54) is 0 Å². The van der Waals surface area contributed by atoms with Crippen molar-refractivity contribution >= 4 is 5.91 Å². The van der Waals surface area contributed by atoms with E-state index in [2.05, 4.69) is 20.1 Å². The van der Waals surface area contributed by atoms with Crippen LogP contribution in [-0.4, -0.2) is 31.4 Å². The lowest BCUT2D eigenvalue weighted by Gasteiger charge is -2.31. The van der Waals surface area contributed by atoms with Crippen LogP contribution in [0.2, 0.25) is 0 Å². The summed E-state index contributed by atoms with van der Waals surface area (Å²) in [6, 6.07) is 0. The third-order valence-electron chi connectivity index (χ3n) is 4.65. The second kappa shape index (κ2) is 6.13. The van der Waals surface area contributed by atoms with Crippen molar-refractivity contribution in [1.82, 2.24) is 20.1 Å². The quantitative estimate of drug-likeness (QED) is 0.877. The average molecular weight is 292 g/mol. The first-order valence-corrected chi connectivity index (χ1v) is 8.06. The zero-order chi connectivity index (χ0) is 14.7. The summed E-state index contributed by atoms with van der Waals surface area (Å²) in [7, 11) is 0. The van der Waals surface area contributed by atoms with Crippen LogP contribution in [0.3, 0.4) is 0 Å². The monoisotopic (exact) mass is 292 g/mol. The lowest BCUT2D eigenvalue weighted by molar-refractivity contribution is -0.127. The Balaban J connectivity index is 1.53. The van der Waals surface area contributed by atoms with Gasteiger partial charge in [0.1, 0.15) is 5.82 Å². The molecule has 0 saturated heterocycles. The van der Waals surface area contributed by atoms with Gasteiger partial charge in [0.25, 0.3) is 0 Å². The van der Waals surface area contributed by atoms with Gasteiger partial charge >= 0.3 is 0 Å². The second-order valence-corrected chi connectivity index (χ2v) is 6.38. The van der Waals surface area contributed by atoms with Gasteiger partial charge in [-0.15, -0.1) is 10.2 Å². The van der Waals surface area contributed by atoms with Gasteiger partial charge in [0, 0.05) is 13.0 Å². The highest BCUT2D eigenvalue weighted by Crippen LogP contribution is 2.30. The van der Waals surface area contributed by atoms with E-state index < -0.39 is 5.60 Å². The summed E-state index contributed by atoms with van der Waals surface area (Å²) in [6.07, 6.45) is 8.15. The van der Waals surface area contributed by atoms with Gasteiger partial charge in [-0.1, -0.05) is 19.3 Å². The van der Waals surface area contributed by atoms with Crippen LogP contribution in [0.15, 0.2) is 0 Å². The molecule has 0 radical (unpaired) electrons. The van der Waals surface area contributed by atoms with E-state index in [4.69, 9.17) is 0 Å². The largest absolute Gasteiger partial charge is 0.389 e. The lowest BCUT2D eigenvalue weighted by atomic mass is 9.82.